The SMILES string of the molecule is O=S1(=O)OC(F)[C@@]2(C(F)C1F)[C@H](F)OS(=O)(=O)C(F)[C@@H]2F. The van der Waals surface area contributed by atoms with E-state index < -0.39 is 61.7 Å². The van der Waals surface area contributed by atoms with Gasteiger partial charge in [-0.1, -0.05) is 0 Å². The fourth-order valence-corrected chi connectivity index (χ4v) is 4.08. The minimum atomic E-state index is -5.51. The van der Waals surface area contributed by atoms with Crippen LogP contribution in [0.3, 0.4) is 0 Å². The summed E-state index contributed by atoms with van der Waals surface area (Å²) in [6, 6.07) is 0. The van der Waals surface area contributed by atoms with Crippen molar-refractivity contribution >= 4 is 20.2 Å². The first-order valence-corrected chi connectivity index (χ1v) is 8.02. The summed E-state index contributed by atoms with van der Waals surface area (Å²) in [5, 5.41) is 0. The Morgan fingerprint density at radius 3 is 1.24 bits per heavy atom. The Morgan fingerprint density at radius 2 is 0.952 bits per heavy atom. The first-order chi connectivity index (χ1) is 9.39. The van der Waals surface area contributed by atoms with Crippen LogP contribution in [-0.2, 0) is 28.6 Å². The van der Waals surface area contributed by atoms with Gasteiger partial charge in [0.1, 0.15) is 0 Å². The highest BCUT2D eigenvalue weighted by Crippen LogP contribution is 2.54. The van der Waals surface area contributed by atoms with Crippen molar-refractivity contribution in [2.24, 2.45) is 5.41 Å². The quantitative estimate of drug-likeness (QED) is 0.461. The highest BCUT2D eigenvalue weighted by atomic mass is 32.2. The van der Waals surface area contributed by atoms with E-state index in [2.05, 4.69) is 8.37 Å². The molecule has 2 saturated heterocycles. The normalized spacial score (nSPS) is 52.7. The van der Waals surface area contributed by atoms with Gasteiger partial charge in [-0.2, -0.15) is 16.8 Å². The Balaban J connectivity index is 2.59. The third-order valence-corrected chi connectivity index (χ3v) is 5.65. The molecule has 124 valence electrons. The fourth-order valence-electron chi connectivity index (χ4n) is 2.01. The van der Waals surface area contributed by atoms with Gasteiger partial charge in [0.25, 0.3) is 11.0 Å². The molecule has 0 saturated carbocycles. The fraction of sp³-hybridized carbons (Fsp3) is 1.00. The van der Waals surface area contributed by atoms with Crippen LogP contribution in [0.25, 0.3) is 0 Å². The minimum Gasteiger partial charge on any atom is -0.242 e. The van der Waals surface area contributed by atoms with Crippen molar-refractivity contribution in [2.45, 2.75) is 36.1 Å². The van der Waals surface area contributed by atoms with Crippen LogP contribution in [0.4, 0.5) is 26.3 Å². The van der Waals surface area contributed by atoms with E-state index in [1.165, 1.54) is 0 Å². The average molecular weight is 364 g/mol. The van der Waals surface area contributed by atoms with E-state index in [1.54, 1.807) is 0 Å². The van der Waals surface area contributed by atoms with E-state index in [0.29, 0.717) is 0 Å². The van der Waals surface area contributed by atoms with Gasteiger partial charge >= 0.3 is 20.2 Å². The van der Waals surface area contributed by atoms with E-state index in [0.717, 1.165) is 0 Å². The lowest BCUT2D eigenvalue weighted by Gasteiger charge is -2.47. The van der Waals surface area contributed by atoms with Crippen LogP contribution in [-0.4, -0.2) is 52.9 Å². The van der Waals surface area contributed by atoms with Crippen LogP contribution in [0.1, 0.15) is 0 Å². The molecule has 21 heavy (non-hydrogen) atoms. The molecule has 4 unspecified atom stereocenters. The molecule has 0 bridgehead atoms. The Bertz CT molecular complexity index is 580. The van der Waals surface area contributed by atoms with Crippen molar-refractivity contribution in [3.8, 4) is 0 Å². The zero-order valence-electron chi connectivity index (χ0n) is 9.50. The molecule has 2 fully saturated rings. The van der Waals surface area contributed by atoms with Crippen molar-refractivity contribution in [1.29, 1.82) is 0 Å². The monoisotopic (exact) mass is 364 g/mol. The molecule has 0 aliphatic carbocycles. The molecule has 0 N–H and O–H groups in total. The molecule has 2 heterocycles. The lowest BCUT2D eigenvalue weighted by molar-refractivity contribution is -0.246. The first kappa shape index (κ1) is 16.8. The van der Waals surface area contributed by atoms with Crippen molar-refractivity contribution in [3.05, 3.63) is 0 Å². The zero-order valence-corrected chi connectivity index (χ0v) is 11.1. The van der Waals surface area contributed by atoms with Gasteiger partial charge in [-0.15, -0.1) is 0 Å². The smallest absolute Gasteiger partial charge is 0.242 e. The number of hydrogen-bond donors (Lipinski definition) is 0. The number of alkyl halides is 6. The van der Waals surface area contributed by atoms with E-state index in [9.17, 15) is 43.2 Å². The molecule has 0 radical (unpaired) electrons. The summed E-state index contributed by atoms with van der Waals surface area (Å²) in [5.41, 5.74) is -11.6. The lowest BCUT2D eigenvalue weighted by Crippen LogP contribution is -2.69. The number of halogens is 6. The van der Waals surface area contributed by atoms with Crippen LogP contribution in [0.15, 0.2) is 0 Å². The molecule has 7 atom stereocenters. The van der Waals surface area contributed by atoms with Gasteiger partial charge in [0, 0.05) is 0 Å². The van der Waals surface area contributed by atoms with Crippen molar-refractivity contribution < 1.29 is 51.5 Å². The first-order valence-electron chi connectivity index (χ1n) is 5.07. The Labute approximate surface area is 114 Å². The Kier molecular flexibility index (Phi) is 3.75. The van der Waals surface area contributed by atoms with E-state index in [4.69, 9.17) is 0 Å². The van der Waals surface area contributed by atoms with Crippen molar-refractivity contribution in [1.82, 2.24) is 0 Å². The number of rotatable bonds is 0. The van der Waals surface area contributed by atoms with Crippen LogP contribution < -0.4 is 0 Å². The van der Waals surface area contributed by atoms with Crippen LogP contribution in [0.5, 0.6) is 0 Å². The molecule has 0 aromatic rings. The molecule has 0 amide bonds. The molecule has 0 aromatic carbocycles. The minimum absolute atomic E-state index is 3.38. The largest absolute Gasteiger partial charge is 0.305 e. The van der Waals surface area contributed by atoms with Gasteiger partial charge < -0.3 is 0 Å². The van der Waals surface area contributed by atoms with E-state index >= 15 is 0 Å². The molecular formula is C7H6F6O6S2. The molecular weight excluding hydrogens is 358 g/mol. The average Bonchev–Trinajstić information content (AvgIpc) is 2.33. The summed E-state index contributed by atoms with van der Waals surface area (Å²) in [5.74, 6) is 0. The second kappa shape index (κ2) is 4.70. The van der Waals surface area contributed by atoms with E-state index in [-0.39, 0.29) is 0 Å². The Morgan fingerprint density at radius 1 is 0.667 bits per heavy atom. The molecule has 0 aromatic heterocycles. The summed E-state index contributed by atoms with van der Waals surface area (Å²) >= 11 is 0. The van der Waals surface area contributed by atoms with Crippen LogP contribution in [0.2, 0.25) is 0 Å². The topological polar surface area (TPSA) is 86.7 Å². The Hall–Kier alpha value is -0.600. The predicted molar refractivity (Wildman–Crippen MR) is 51.8 cm³/mol. The van der Waals surface area contributed by atoms with Gasteiger partial charge in [0.15, 0.2) is 17.8 Å². The van der Waals surface area contributed by atoms with Gasteiger partial charge in [-0.3, -0.25) is 0 Å². The highest BCUT2D eigenvalue weighted by Gasteiger charge is 2.75. The second-order valence-corrected chi connectivity index (χ2v) is 7.57. The third-order valence-electron chi connectivity index (χ3n) is 3.19. The molecule has 6 nitrogen and oxygen atoms in total. The summed E-state index contributed by atoms with van der Waals surface area (Å²) in [6.07, 6.45) is -15.1. The maximum atomic E-state index is 13.8. The van der Waals surface area contributed by atoms with Crippen molar-refractivity contribution in [3.63, 3.8) is 0 Å². The van der Waals surface area contributed by atoms with Crippen LogP contribution in [0, 0.1) is 5.41 Å². The molecule has 2 aliphatic heterocycles. The van der Waals surface area contributed by atoms with Gasteiger partial charge in [-0.05, 0) is 0 Å². The molecule has 1 spiro atoms. The molecule has 2 aliphatic rings. The maximum absolute atomic E-state index is 13.8. The highest BCUT2D eigenvalue weighted by molar-refractivity contribution is 7.87. The zero-order chi connectivity index (χ0) is 16.4. The van der Waals surface area contributed by atoms with Gasteiger partial charge in [0.2, 0.25) is 12.7 Å². The van der Waals surface area contributed by atoms with Gasteiger partial charge in [0.05, 0.1) is 0 Å². The molecule has 14 heteroatoms. The van der Waals surface area contributed by atoms with Crippen molar-refractivity contribution in [2.75, 3.05) is 0 Å². The van der Waals surface area contributed by atoms with E-state index in [1.807, 2.05) is 0 Å². The predicted octanol–water partition coefficient (Wildman–Crippen LogP) is 0.551. The van der Waals surface area contributed by atoms with Crippen LogP contribution >= 0.6 is 0 Å². The summed E-state index contributed by atoms with van der Waals surface area (Å²) < 4.78 is 132. The summed E-state index contributed by atoms with van der Waals surface area (Å²) in [7, 11) is -11.0. The number of hydrogen-bond acceptors (Lipinski definition) is 6. The molecule has 2 rings (SSSR count). The standard InChI is InChI=1S/C7H6F6O6S2/c8-1-3(10)20(14,15)18-5(12)7(1)2(9)4(11)21(16,17)19-6(7)13/h1-6H/t1-,2?,3?,4?,5+,6?,7-/m0/s1. The lowest BCUT2D eigenvalue weighted by atomic mass is 9.78. The summed E-state index contributed by atoms with van der Waals surface area (Å²) in [6.45, 7) is 0. The third kappa shape index (κ3) is 2.06. The second-order valence-electron chi connectivity index (χ2n) is 4.32. The maximum Gasteiger partial charge on any atom is 0.305 e. The van der Waals surface area contributed by atoms with Gasteiger partial charge in [-0.25, -0.2) is 34.7 Å². The summed E-state index contributed by atoms with van der Waals surface area (Å²) in [4.78, 5) is 0.